The molecule has 0 N–H and O–H groups in total. The summed E-state index contributed by atoms with van der Waals surface area (Å²) in [5, 5.41) is 2.45. The molecular formula is C44H36N2. The molecular weight excluding hydrogens is 556 g/mol. The van der Waals surface area contributed by atoms with E-state index >= 15 is 0 Å². The van der Waals surface area contributed by atoms with Gasteiger partial charge in [0, 0.05) is 33.7 Å². The second kappa shape index (κ2) is 13.0. The lowest BCUT2D eigenvalue weighted by Crippen LogP contribution is -2.11. The molecule has 7 aromatic carbocycles. The van der Waals surface area contributed by atoms with Gasteiger partial charge in [-0.15, -0.1) is 0 Å². The molecule has 0 radical (unpaired) electrons. The summed E-state index contributed by atoms with van der Waals surface area (Å²) in [5.41, 5.74) is 11.7. The van der Waals surface area contributed by atoms with E-state index in [4.69, 9.17) is 0 Å². The molecule has 2 nitrogen and oxygen atoms in total. The van der Waals surface area contributed by atoms with E-state index < -0.39 is 0 Å². The number of para-hydroxylation sites is 2. The van der Waals surface area contributed by atoms with Gasteiger partial charge in [-0.25, -0.2) is 0 Å². The van der Waals surface area contributed by atoms with Gasteiger partial charge in [-0.05, 0) is 96.6 Å². The maximum Gasteiger partial charge on any atom is 0.0540 e. The predicted molar refractivity (Wildman–Crippen MR) is 198 cm³/mol. The van der Waals surface area contributed by atoms with E-state index in [0.717, 1.165) is 34.1 Å². The van der Waals surface area contributed by atoms with Gasteiger partial charge in [-0.2, -0.15) is 0 Å². The molecule has 0 heterocycles. The Bertz CT molecular complexity index is 2090. The summed E-state index contributed by atoms with van der Waals surface area (Å²) in [6, 6.07) is 60.6. The van der Waals surface area contributed by atoms with Gasteiger partial charge in [0.1, 0.15) is 0 Å². The smallest absolute Gasteiger partial charge is 0.0540 e. The maximum atomic E-state index is 2.34. The summed E-state index contributed by atoms with van der Waals surface area (Å²) in [7, 11) is 0. The number of nitrogens with zero attached hydrogens (tertiary/aromatic N) is 2. The van der Waals surface area contributed by atoms with Crippen LogP contribution in [0.4, 0.5) is 34.1 Å². The second-order valence-corrected chi connectivity index (χ2v) is 11.4. The number of allylic oxidation sites excluding steroid dienone is 1. The molecule has 2 heteroatoms. The molecule has 0 aromatic heterocycles. The third-order valence-electron chi connectivity index (χ3n) is 8.50. The van der Waals surface area contributed by atoms with Crippen LogP contribution < -0.4 is 9.80 Å². The molecule has 7 rings (SSSR count). The molecule has 0 amide bonds. The summed E-state index contributed by atoms with van der Waals surface area (Å²) in [6.45, 7) is 4.25. The van der Waals surface area contributed by atoms with E-state index in [1.807, 2.05) is 0 Å². The molecule has 46 heavy (non-hydrogen) atoms. The molecule has 0 unspecified atom stereocenters. The fourth-order valence-corrected chi connectivity index (χ4v) is 6.26. The summed E-state index contributed by atoms with van der Waals surface area (Å²) in [5.74, 6) is 0. The zero-order valence-corrected chi connectivity index (χ0v) is 26.2. The highest BCUT2D eigenvalue weighted by Gasteiger charge is 2.17. The second-order valence-electron chi connectivity index (χ2n) is 11.4. The van der Waals surface area contributed by atoms with Crippen molar-refractivity contribution < 1.29 is 0 Å². The van der Waals surface area contributed by atoms with Crippen LogP contribution >= 0.6 is 0 Å². The first-order valence-electron chi connectivity index (χ1n) is 15.8. The van der Waals surface area contributed by atoms with Crippen molar-refractivity contribution in [3.63, 3.8) is 0 Å². The first kappa shape index (κ1) is 28.9. The molecule has 0 fully saturated rings. The number of benzene rings is 7. The van der Waals surface area contributed by atoms with Gasteiger partial charge in [0.15, 0.2) is 0 Å². The number of hydrogen-bond donors (Lipinski definition) is 0. The topological polar surface area (TPSA) is 6.48 Å². The number of fused-ring (bicyclic) bond motifs is 1. The first-order chi connectivity index (χ1) is 22.7. The van der Waals surface area contributed by atoms with Crippen LogP contribution in [0.5, 0.6) is 0 Å². The SMILES string of the molecule is CC=Cc1c(C)cccc1N(c1ccccc1)c1ccc(-c2ccc(N(c3ccccc3)c3cccc4ccccc34)cc2)cc1. The Morgan fingerprint density at radius 2 is 0.870 bits per heavy atom. The molecule has 0 spiro atoms. The van der Waals surface area contributed by atoms with Crippen molar-refractivity contribution in [2.24, 2.45) is 0 Å². The van der Waals surface area contributed by atoms with Crippen LogP contribution in [0.1, 0.15) is 18.1 Å². The summed E-state index contributed by atoms with van der Waals surface area (Å²) in [6.07, 6.45) is 4.31. The number of anilines is 6. The number of hydrogen-bond acceptors (Lipinski definition) is 2. The molecule has 0 aliphatic carbocycles. The quantitative estimate of drug-likeness (QED) is 0.173. The minimum absolute atomic E-state index is 1.12. The minimum Gasteiger partial charge on any atom is -0.310 e. The lowest BCUT2D eigenvalue weighted by molar-refractivity contribution is 1.26. The van der Waals surface area contributed by atoms with Crippen molar-refractivity contribution in [3.05, 3.63) is 187 Å². The van der Waals surface area contributed by atoms with Crippen LogP contribution in [0, 0.1) is 6.92 Å². The van der Waals surface area contributed by atoms with Crippen LogP contribution in [-0.2, 0) is 0 Å². The summed E-state index contributed by atoms with van der Waals surface area (Å²) >= 11 is 0. The largest absolute Gasteiger partial charge is 0.310 e. The molecule has 0 saturated heterocycles. The monoisotopic (exact) mass is 592 g/mol. The lowest BCUT2D eigenvalue weighted by atomic mass is 10.0. The van der Waals surface area contributed by atoms with E-state index in [2.05, 4.69) is 206 Å². The van der Waals surface area contributed by atoms with Crippen LogP contribution in [-0.4, -0.2) is 0 Å². The van der Waals surface area contributed by atoms with Crippen LogP contribution in [0.25, 0.3) is 28.0 Å². The third kappa shape index (κ3) is 5.69. The average molecular weight is 593 g/mol. The van der Waals surface area contributed by atoms with E-state index in [9.17, 15) is 0 Å². The van der Waals surface area contributed by atoms with Crippen LogP contribution in [0.3, 0.4) is 0 Å². The maximum absolute atomic E-state index is 2.34. The normalized spacial score (nSPS) is 11.2. The Balaban J connectivity index is 1.25. The van der Waals surface area contributed by atoms with Gasteiger partial charge >= 0.3 is 0 Å². The van der Waals surface area contributed by atoms with Gasteiger partial charge in [0.05, 0.1) is 11.4 Å². The minimum atomic E-state index is 1.12. The van der Waals surface area contributed by atoms with E-state index in [0.29, 0.717) is 0 Å². The Morgan fingerprint density at radius 1 is 0.413 bits per heavy atom. The van der Waals surface area contributed by atoms with Gasteiger partial charge in [0.25, 0.3) is 0 Å². The highest BCUT2D eigenvalue weighted by molar-refractivity contribution is 5.99. The van der Waals surface area contributed by atoms with E-state index in [1.54, 1.807) is 0 Å². The van der Waals surface area contributed by atoms with Crippen LogP contribution in [0.15, 0.2) is 176 Å². The zero-order valence-electron chi connectivity index (χ0n) is 26.2. The van der Waals surface area contributed by atoms with Crippen LogP contribution in [0.2, 0.25) is 0 Å². The van der Waals surface area contributed by atoms with Crippen molar-refractivity contribution in [3.8, 4) is 11.1 Å². The Morgan fingerprint density at radius 3 is 1.46 bits per heavy atom. The van der Waals surface area contributed by atoms with Crippen molar-refractivity contribution in [2.45, 2.75) is 13.8 Å². The van der Waals surface area contributed by atoms with Crippen molar-refractivity contribution in [1.82, 2.24) is 0 Å². The third-order valence-corrected chi connectivity index (χ3v) is 8.50. The zero-order chi connectivity index (χ0) is 31.3. The Hall–Kier alpha value is -5.86. The fraction of sp³-hybridized carbons (Fsp3) is 0.0455. The molecule has 7 aromatic rings. The fourth-order valence-electron chi connectivity index (χ4n) is 6.26. The summed E-state index contributed by atoms with van der Waals surface area (Å²) < 4.78 is 0. The highest BCUT2D eigenvalue weighted by atomic mass is 15.1. The van der Waals surface area contributed by atoms with Gasteiger partial charge < -0.3 is 9.80 Å². The average Bonchev–Trinajstić information content (AvgIpc) is 3.12. The molecule has 0 aliphatic rings. The lowest BCUT2D eigenvalue weighted by Gasteiger charge is -2.28. The standard InChI is InChI=1S/C44H36N2/c1-3-14-41-33(2)15-12-23-43(41)45(37-18-6-4-7-19-37)39-29-25-34(26-30-39)35-27-31-40(32-28-35)46(38-20-8-5-9-21-38)44-24-13-17-36-16-10-11-22-42(36)44/h3-32H,1-2H3. The Kier molecular flexibility index (Phi) is 8.17. The number of aryl methyl sites for hydroxylation is 1. The van der Waals surface area contributed by atoms with E-state index in [1.165, 1.54) is 33.0 Å². The van der Waals surface area contributed by atoms with E-state index in [-0.39, 0.29) is 0 Å². The molecule has 0 bridgehead atoms. The molecule has 0 aliphatic heterocycles. The first-order valence-corrected chi connectivity index (χ1v) is 15.8. The van der Waals surface area contributed by atoms with Gasteiger partial charge in [-0.1, -0.05) is 121 Å². The van der Waals surface area contributed by atoms with Crippen molar-refractivity contribution >= 4 is 51.0 Å². The Labute approximate surface area is 272 Å². The highest BCUT2D eigenvalue weighted by Crippen LogP contribution is 2.41. The van der Waals surface area contributed by atoms with Gasteiger partial charge in [-0.3, -0.25) is 0 Å². The number of rotatable bonds is 8. The van der Waals surface area contributed by atoms with Crippen molar-refractivity contribution in [2.75, 3.05) is 9.80 Å². The molecule has 0 saturated carbocycles. The molecule has 0 atom stereocenters. The summed E-state index contributed by atoms with van der Waals surface area (Å²) in [4.78, 5) is 4.69. The molecule has 222 valence electrons. The predicted octanol–water partition coefficient (Wildman–Crippen LogP) is 12.8. The van der Waals surface area contributed by atoms with Gasteiger partial charge in [0.2, 0.25) is 0 Å². The van der Waals surface area contributed by atoms with Crippen molar-refractivity contribution in [1.29, 1.82) is 0 Å².